The summed E-state index contributed by atoms with van der Waals surface area (Å²) in [7, 11) is 1.52. The summed E-state index contributed by atoms with van der Waals surface area (Å²) in [6, 6.07) is 15.7. The summed E-state index contributed by atoms with van der Waals surface area (Å²) in [5.41, 5.74) is 2.06. The highest BCUT2D eigenvalue weighted by Gasteiger charge is 2.40. The summed E-state index contributed by atoms with van der Waals surface area (Å²) in [5, 5.41) is 5.86. The van der Waals surface area contributed by atoms with Gasteiger partial charge in [-0.1, -0.05) is 24.3 Å². The highest BCUT2D eigenvalue weighted by molar-refractivity contribution is 7.98. The number of carbonyl (C=O) groups excluding carboxylic acids is 3. The Hall–Kier alpha value is -3.85. The van der Waals surface area contributed by atoms with Gasteiger partial charge in [-0.15, -0.1) is 11.8 Å². The van der Waals surface area contributed by atoms with Gasteiger partial charge in [-0.2, -0.15) is 0 Å². The van der Waals surface area contributed by atoms with Crippen LogP contribution in [0.4, 0.5) is 10.1 Å². The number of piperidine rings is 1. The van der Waals surface area contributed by atoms with Crippen LogP contribution in [-0.2, 0) is 4.79 Å². The average Bonchev–Trinajstić information content (AvgIpc) is 3.02. The van der Waals surface area contributed by atoms with E-state index >= 15 is 0 Å². The molecule has 9 heteroatoms. The first kappa shape index (κ1) is 24.8. The number of rotatable bonds is 5. The number of halogens is 1. The summed E-state index contributed by atoms with van der Waals surface area (Å²) in [6.07, 6.45) is 2.72. The molecule has 1 saturated heterocycles. The van der Waals surface area contributed by atoms with Crippen LogP contribution < -0.4 is 15.4 Å². The summed E-state index contributed by atoms with van der Waals surface area (Å²) < 4.78 is 19.8. The van der Waals surface area contributed by atoms with Crippen LogP contribution in [0.15, 0.2) is 65.6 Å². The molecular weight excluding hydrogens is 493 g/mol. The number of nitrogens with one attached hydrogen (secondary N) is 2. The van der Waals surface area contributed by atoms with E-state index in [4.69, 9.17) is 4.74 Å². The second-order valence-electron chi connectivity index (χ2n) is 9.00. The fraction of sp³-hybridized carbons (Fsp3) is 0.250. The van der Waals surface area contributed by atoms with E-state index in [1.807, 2.05) is 18.4 Å². The molecule has 3 aromatic carbocycles. The van der Waals surface area contributed by atoms with E-state index in [0.717, 1.165) is 4.90 Å². The zero-order valence-corrected chi connectivity index (χ0v) is 21.2. The van der Waals surface area contributed by atoms with Crippen LogP contribution in [0.25, 0.3) is 11.1 Å². The van der Waals surface area contributed by atoms with Gasteiger partial charge in [0.05, 0.1) is 23.9 Å². The van der Waals surface area contributed by atoms with E-state index in [9.17, 15) is 18.8 Å². The fourth-order valence-electron chi connectivity index (χ4n) is 4.90. The molecule has 2 aliphatic heterocycles. The molecule has 1 fully saturated rings. The fourth-order valence-corrected chi connectivity index (χ4v) is 5.33. The van der Waals surface area contributed by atoms with Crippen molar-refractivity contribution in [2.45, 2.75) is 29.8 Å². The van der Waals surface area contributed by atoms with Crippen molar-refractivity contribution >= 4 is 35.2 Å². The van der Waals surface area contributed by atoms with E-state index in [1.54, 1.807) is 59.1 Å². The van der Waals surface area contributed by atoms with Gasteiger partial charge in [-0.3, -0.25) is 14.4 Å². The highest BCUT2D eigenvalue weighted by Crippen LogP contribution is 2.33. The molecule has 2 heterocycles. The Morgan fingerprint density at radius 1 is 1.11 bits per heavy atom. The number of hydrogen-bond acceptors (Lipinski definition) is 5. The Balaban J connectivity index is 1.35. The normalized spacial score (nSPS) is 18.8. The molecule has 0 bridgehead atoms. The predicted octanol–water partition coefficient (Wildman–Crippen LogP) is 4.58. The van der Waals surface area contributed by atoms with Crippen molar-refractivity contribution in [1.82, 2.24) is 10.2 Å². The van der Waals surface area contributed by atoms with E-state index in [2.05, 4.69) is 10.6 Å². The molecule has 7 nitrogen and oxygen atoms in total. The van der Waals surface area contributed by atoms with Crippen LogP contribution in [0.5, 0.6) is 5.75 Å². The summed E-state index contributed by atoms with van der Waals surface area (Å²) in [5.74, 6) is -0.810. The largest absolute Gasteiger partial charge is 0.496 e. The van der Waals surface area contributed by atoms with Crippen LogP contribution in [0.1, 0.15) is 33.6 Å². The van der Waals surface area contributed by atoms with Gasteiger partial charge in [0.1, 0.15) is 17.6 Å². The van der Waals surface area contributed by atoms with E-state index < -0.39 is 6.04 Å². The van der Waals surface area contributed by atoms with Gasteiger partial charge in [0.2, 0.25) is 5.91 Å². The summed E-state index contributed by atoms with van der Waals surface area (Å²) in [4.78, 5) is 42.2. The minimum Gasteiger partial charge on any atom is -0.496 e. The molecule has 2 N–H and O–H groups in total. The molecule has 37 heavy (non-hydrogen) atoms. The summed E-state index contributed by atoms with van der Waals surface area (Å²) in [6.45, 7) is 0.299. The maximum Gasteiger partial charge on any atom is 0.256 e. The van der Waals surface area contributed by atoms with E-state index in [-0.39, 0.29) is 36.0 Å². The SMILES string of the molecule is COc1cc(SC)ccc1C(=O)NC1CCN2C(=O)c3cc(-c4ccccc4F)ccc3NC(=O)C2C1. The number of ether oxygens (including phenoxy) is 1. The Labute approximate surface area is 218 Å². The molecular formula is C28H26FN3O4S. The minimum atomic E-state index is -0.739. The van der Waals surface area contributed by atoms with Gasteiger partial charge in [0.25, 0.3) is 11.8 Å². The Morgan fingerprint density at radius 2 is 1.92 bits per heavy atom. The van der Waals surface area contributed by atoms with Crippen LogP contribution in [-0.4, -0.2) is 54.6 Å². The highest BCUT2D eigenvalue weighted by atomic mass is 32.2. The molecule has 3 aromatic rings. The maximum atomic E-state index is 14.4. The number of nitrogens with zero attached hydrogens (tertiary/aromatic N) is 1. The zero-order chi connectivity index (χ0) is 26.1. The van der Waals surface area contributed by atoms with Gasteiger partial charge < -0.3 is 20.3 Å². The van der Waals surface area contributed by atoms with E-state index in [1.165, 1.54) is 13.2 Å². The van der Waals surface area contributed by atoms with Crippen LogP contribution in [0, 0.1) is 5.82 Å². The standard InChI is InChI=1S/C28H26FN3O4S/c1-36-25-15-18(37-2)8-9-20(25)26(33)30-17-11-12-32-24(14-17)27(34)31-23-10-7-16(13-21(23)28(32)35)19-5-3-4-6-22(19)29/h3-10,13,15,17,24H,11-12,14H2,1-2H3,(H,30,33)(H,31,34). The van der Waals surface area contributed by atoms with Crippen LogP contribution in [0.2, 0.25) is 0 Å². The monoisotopic (exact) mass is 519 g/mol. The van der Waals surface area contributed by atoms with Crippen molar-refractivity contribution in [3.63, 3.8) is 0 Å². The molecule has 0 saturated carbocycles. The quantitative estimate of drug-likeness (QED) is 0.482. The molecule has 2 aliphatic rings. The Morgan fingerprint density at radius 3 is 2.68 bits per heavy atom. The molecule has 3 amide bonds. The number of anilines is 1. The first-order chi connectivity index (χ1) is 17.9. The van der Waals surface area contributed by atoms with Gasteiger partial charge >= 0.3 is 0 Å². The molecule has 190 valence electrons. The maximum absolute atomic E-state index is 14.4. The van der Waals surface area contributed by atoms with Gasteiger partial charge in [-0.05, 0) is 61.1 Å². The van der Waals surface area contributed by atoms with Gasteiger partial charge in [0, 0.05) is 23.0 Å². The number of hydrogen-bond donors (Lipinski definition) is 2. The van der Waals surface area contributed by atoms with Crippen molar-refractivity contribution < 1.29 is 23.5 Å². The average molecular weight is 520 g/mol. The Kier molecular flexibility index (Phi) is 6.88. The van der Waals surface area contributed by atoms with Gasteiger partial charge in [-0.25, -0.2) is 4.39 Å². The molecule has 5 rings (SSSR count). The lowest BCUT2D eigenvalue weighted by Crippen LogP contribution is -2.55. The topological polar surface area (TPSA) is 87.7 Å². The molecule has 0 spiro atoms. The van der Waals surface area contributed by atoms with Crippen molar-refractivity contribution in [1.29, 1.82) is 0 Å². The second-order valence-corrected chi connectivity index (χ2v) is 9.88. The number of benzene rings is 3. The second kappa shape index (κ2) is 10.3. The van der Waals surface area contributed by atoms with Crippen molar-refractivity contribution in [2.75, 3.05) is 25.2 Å². The third kappa shape index (κ3) is 4.79. The molecule has 2 atom stereocenters. The lowest BCUT2D eigenvalue weighted by Gasteiger charge is -2.37. The third-order valence-corrected chi connectivity index (χ3v) is 7.57. The number of amides is 3. The lowest BCUT2D eigenvalue weighted by atomic mass is 9.95. The lowest BCUT2D eigenvalue weighted by molar-refractivity contribution is -0.121. The third-order valence-electron chi connectivity index (χ3n) is 6.85. The smallest absolute Gasteiger partial charge is 0.256 e. The van der Waals surface area contributed by atoms with Crippen molar-refractivity contribution in [2.24, 2.45) is 0 Å². The van der Waals surface area contributed by atoms with Gasteiger partial charge in [0.15, 0.2) is 0 Å². The minimum absolute atomic E-state index is 0.280. The number of carbonyl (C=O) groups is 3. The predicted molar refractivity (Wildman–Crippen MR) is 141 cm³/mol. The number of thioether (sulfide) groups is 1. The first-order valence-corrected chi connectivity index (χ1v) is 13.2. The molecule has 0 aromatic heterocycles. The first-order valence-electron chi connectivity index (χ1n) is 11.9. The van der Waals surface area contributed by atoms with Crippen molar-refractivity contribution in [3.05, 3.63) is 77.6 Å². The molecule has 0 aliphatic carbocycles. The van der Waals surface area contributed by atoms with Crippen LogP contribution >= 0.6 is 11.8 Å². The van der Waals surface area contributed by atoms with Crippen LogP contribution in [0.3, 0.4) is 0 Å². The number of methoxy groups -OCH3 is 1. The summed E-state index contributed by atoms with van der Waals surface area (Å²) >= 11 is 1.55. The molecule has 2 unspecified atom stereocenters. The number of fused-ring (bicyclic) bond motifs is 2. The van der Waals surface area contributed by atoms with Crippen molar-refractivity contribution in [3.8, 4) is 16.9 Å². The zero-order valence-electron chi connectivity index (χ0n) is 20.4. The molecule has 0 radical (unpaired) electrons. The van der Waals surface area contributed by atoms with E-state index in [0.29, 0.717) is 46.7 Å². The Bertz CT molecular complexity index is 1400.